The normalized spacial score (nSPS) is 16.2. The summed E-state index contributed by atoms with van der Waals surface area (Å²) in [6.45, 7) is 4.44. The number of rotatable bonds is 6. The zero-order valence-electron chi connectivity index (χ0n) is 13.0. The Hall–Kier alpha value is -1.36. The summed E-state index contributed by atoms with van der Waals surface area (Å²) >= 11 is 3.40. The minimum absolute atomic E-state index is 0.0436. The molecular formula is C17H22BrNO3. The Bertz CT molecular complexity index is 550. The van der Waals surface area contributed by atoms with Gasteiger partial charge in [-0.3, -0.25) is 9.59 Å². The molecule has 5 heteroatoms. The topological polar surface area (TPSA) is 57.6 Å². The van der Waals surface area contributed by atoms with E-state index in [4.69, 9.17) is 0 Å². The van der Waals surface area contributed by atoms with Crippen molar-refractivity contribution in [2.75, 3.05) is 0 Å². The Morgan fingerprint density at radius 1 is 1.27 bits per heavy atom. The van der Waals surface area contributed by atoms with Crippen LogP contribution < -0.4 is 0 Å². The molecule has 0 aliphatic heterocycles. The molecule has 0 atom stereocenters. The van der Waals surface area contributed by atoms with Crippen molar-refractivity contribution in [2.24, 2.45) is 5.41 Å². The van der Waals surface area contributed by atoms with Gasteiger partial charge in [-0.2, -0.15) is 0 Å². The number of benzene rings is 1. The highest BCUT2D eigenvalue weighted by Gasteiger charge is 2.46. The SMILES string of the molecule is CC(C)N(Cc1ccc(Br)cc1)C(=O)CC1(C(=O)O)CCC1. The predicted molar refractivity (Wildman–Crippen MR) is 88.4 cm³/mol. The lowest BCUT2D eigenvalue weighted by Gasteiger charge is -2.39. The average molecular weight is 368 g/mol. The van der Waals surface area contributed by atoms with E-state index >= 15 is 0 Å². The summed E-state index contributed by atoms with van der Waals surface area (Å²) in [6.07, 6.45) is 2.22. The molecule has 4 nitrogen and oxygen atoms in total. The fourth-order valence-corrected chi connectivity index (χ4v) is 3.07. The van der Waals surface area contributed by atoms with E-state index in [1.165, 1.54) is 0 Å². The quantitative estimate of drug-likeness (QED) is 0.830. The average Bonchev–Trinajstić information content (AvgIpc) is 2.41. The van der Waals surface area contributed by atoms with Crippen LogP contribution >= 0.6 is 15.9 Å². The summed E-state index contributed by atoms with van der Waals surface area (Å²) in [4.78, 5) is 25.8. The van der Waals surface area contributed by atoms with Gasteiger partial charge in [0.25, 0.3) is 0 Å². The van der Waals surface area contributed by atoms with E-state index in [0.717, 1.165) is 16.5 Å². The monoisotopic (exact) mass is 367 g/mol. The largest absolute Gasteiger partial charge is 0.481 e. The van der Waals surface area contributed by atoms with Gasteiger partial charge in [-0.05, 0) is 44.4 Å². The molecule has 1 saturated carbocycles. The Morgan fingerprint density at radius 3 is 2.27 bits per heavy atom. The third kappa shape index (κ3) is 3.69. The number of amides is 1. The van der Waals surface area contributed by atoms with E-state index < -0.39 is 11.4 Å². The Morgan fingerprint density at radius 2 is 1.86 bits per heavy atom. The van der Waals surface area contributed by atoms with Crippen LogP contribution in [0.3, 0.4) is 0 Å². The fourth-order valence-electron chi connectivity index (χ4n) is 2.81. The Balaban J connectivity index is 2.08. The molecule has 0 bridgehead atoms. The highest BCUT2D eigenvalue weighted by molar-refractivity contribution is 9.10. The van der Waals surface area contributed by atoms with E-state index in [-0.39, 0.29) is 18.4 Å². The van der Waals surface area contributed by atoms with E-state index in [2.05, 4.69) is 15.9 Å². The van der Waals surface area contributed by atoms with Gasteiger partial charge in [0.1, 0.15) is 0 Å². The molecule has 0 saturated heterocycles. The number of aliphatic carboxylic acids is 1. The number of carbonyl (C=O) groups excluding carboxylic acids is 1. The molecule has 1 N–H and O–H groups in total. The van der Waals surface area contributed by atoms with Gasteiger partial charge in [0.05, 0.1) is 5.41 Å². The number of hydrogen-bond donors (Lipinski definition) is 1. The van der Waals surface area contributed by atoms with Crippen LogP contribution in [0.5, 0.6) is 0 Å². The minimum Gasteiger partial charge on any atom is -0.481 e. The molecule has 1 aliphatic rings. The lowest BCUT2D eigenvalue weighted by atomic mass is 9.66. The molecule has 1 aliphatic carbocycles. The fraction of sp³-hybridized carbons (Fsp3) is 0.529. The van der Waals surface area contributed by atoms with Crippen molar-refractivity contribution in [3.05, 3.63) is 34.3 Å². The van der Waals surface area contributed by atoms with Crippen LogP contribution in [0.25, 0.3) is 0 Å². The maximum atomic E-state index is 12.6. The van der Waals surface area contributed by atoms with Gasteiger partial charge < -0.3 is 10.0 Å². The van der Waals surface area contributed by atoms with Gasteiger partial charge >= 0.3 is 5.97 Å². The molecule has 0 aromatic heterocycles. The van der Waals surface area contributed by atoms with Crippen LogP contribution in [-0.2, 0) is 16.1 Å². The maximum absolute atomic E-state index is 12.6. The lowest BCUT2D eigenvalue weighted by Crippen LogP contribution is -2.45. The summed E-state index contributed by atoms with van der Waals surface area (Å²) in [5.41, 5.74) is 0.215. The van der Waals surface area contributed by atoms with Gasteiger partial charge in [-0.1, -0.05) is 34.5 Å². The summed E-state index contributed by atoms with van der Waals surface area (Å²) < 4.78 is 0.998. The van der Waals surface area contributed by atoms with Crippen LogP contribution in [0, 0.1) is 5.41 Å². The molecule has 2 rings (SSSR count). The second-order valence-electron chi connectivity index (χ2n) is 6.36. The molecule has 0 heterocycles. The first-order valence-electron chi connectivity index (χ1n) is 7.61. The Kier molecular flexibility index (Phi) is 5.27. The second kappa shape index (κ2) is 6.82. The summed E-state index contributed by atoms with van der Waals surface area (Å²) in [5, 5.41) is 9.40. The number of halogens is 1. The molecular weight excluding hydrogens is 346 g/mol. The standard InChI is InChI=1S/C17H22BrNO3/c1-12(2)19(11-13-4-6-14(18)7-5-13)15(20)10-17(16(21)22)8-3-9-17/h4-7,12H,3,8-11H2,1-2H3,(H,21,22). The molecule has 1 aromatic rings. The van der Waals surface area contributed by atoms with E-state index in [1.807, 2.05) is 38.1 Å². The van der Waals surface area contributed by atoms with Gasteiger partial charge in [-0.25, -0.2) is 0 Å². The van der Waals surface area contributed by atoms with E-state index in [0.29, 0.717) is 19.4 Å². The number of nitrogens with zero attached hydrogens (tertiary/aromatic N) is 1. The first kappa shape index (κ1) is 17.0. The molecule has 1 amide bonds. The van der Waals surface area contributed by atoms with E-state index in [9.17, 15) is 14.7 Å². The first-order chi connectivity index (χ1) is 10.3. The van der Waals surface area contributed by atoms with Gasteiger partial charge in [0, 0.05) is 23.5 Å². The number of carboxylic acid groups (broad SMARTS) is 1. The number of carboxylic acids is 1. The van der Waals surface area contributed by atoms with Crippen molar-refractivity contribution in [1.82, 2.24) is 4.90 Å². The molecule has 22 heavy (non-hydrogen) atoms. The van der Waals surface area contributed by atoms with E-state index in [1.54, 1.807) is 4.90 Å². The Labute approximate surface area is 139 Å². The predicted octanol–water partition coefficient (Wildman–Crippen LogP) is 3.83. The van der Waals surface area contributed by atoms with Crippen molar-refractivity contribution in [3.63, 3.8) is 0 Å². The maximum Gasteiger partial charge on any atom is 0.310 e. The zero-order valence-corrected chi connectivity index (χ0v) is 14.6. The summed E-state index contributed by atoms with van der Waals surface area (Å²) in [6, 6.07) is 7.89. The van der Waals surface area contributed by atoms with Crippen LogP contribution in [0.4, 0.5) is 0 Å². The van der Waals surface area contributed by atoms with Gasteiger partial charge in [-0.15, -0.1) is 0 Å². The zero-order chi connectivity index (χ0) is 16.3. The number of hydrogen-bond acceptors (Lipinski definition) is 2. The highest BCUT2D eigenvalue weighted by atomic mass is 79.9. The second-order valence-corrected chi connectivity index (χ2v) is 7.27. The molecule has 120 valence electrons. The van der Waals surface area contributed by atoms with Gasteiger partial charge in [0.2, 0.25) is 5.91 Å². The molecule has 1 aromatic carbocycles. The molecule has 0 radical (unpaired) electrons. The van der Waals surface area contributed by atoms with Crippen LogP contribution in [0.1, 0.15) is 45.1 Å². The van der Waals surface area contributed by atoms with Crippen LogP contribution in [-0.4, -0.2) is 27.9 Å². The minimum atomic E-state index is -0.834. The third-order valence-corrected chi connectivity index (χ3v) is 4.99. The van der Waals surface area contributed by atoms with Gasteiger partial charge in [0.15, 0.2) is 0 Å². The van der Waals surface area contributed by atoms with Crippen molar-refractivity contribution >= 4 is 27.8 Å². The first-order valence-corrected chi connectivity index (χ1v) is 8.41. The third-order valence-electron chi connectivity index (χ3n) is 4.46. The molecule has 1 fully saturated rings. The van der Waals surface area contributed by atoms with Crippen LogP contribution in [0.15, 0.2) is 28.7 Å². The number of carbonyl (C=O) groups is 2. The molecule has 0 unspecified atom stereocenters. The van der Waals surface area contributed by atoms with Crippen molar-refractivity contribution in [3.8, 4) is 0 Å². The van der Waals surface area contributed by atoms with Crippen molar-refractivity contribution in [1.29, 1.82) is 0 Å². The van der Waals surface area contributed by atoms with Crippen molar-refractivity contribution < 1.29 is 14.7 Å². The molecule has 0 spiro atoms. The summed E-state index contributed by atoms with van der Waals surface area (Å²) in [5.74, 6) is -0.903. The summed E-state index contributed by atoms with van der Waals surface area (Å²) in [7, 11) is 0. The van der Waals surface area contributed by atoms with Crippen LogP contribution in [0.2, 0.25) is 0 Å². The lowest BCUT2D eigenvalue weighted by molar-refractivity contribution is -0.160. The smallest absolute Gasteiger partial charge is 0.310 e. The van der Waals surface area contributed by atoms with Crippen molar-refractivity contribution in [2.45, 2.75) is 52.1 Å². The highest BCUT2D eigenvalue weighted by Crippen LogP contribution is 2.44.